The standard InChI is InChI=1S/C10H13F3N2O3S/c1-9(2,3)18-7(16)15-6-4-14-8(19-6)17-5-10(11,12)13/h4H,5H2,1-3H3,(H,15,16). The summed E-state index contributed by atoms with van der Waals surface area (Å²) >= 11 is 0.783. The van der Waals surface area contributed by atoms with Crippen LogP contribution in [0.1, 0.15) is 20.8 Å². The summed E-state index contributed by atoms with van der Waals surface area (Å²) in [5.74, 6) is 0. The molecule has 0 radical (unpaired) electrons. The summed E-state index contributed by atoms with van der Waals surface area (Å²) in [5.41, 5.74) is -0.662. The fourth-order valence-corrected chi connectivity index (χ4v) is 1.58. The SMILES string of the molecule is CC(C)(C)OC(=O)Nc1cnc(OCC(F)(F)F)s1. The number of halogens is 3. The second-order valence-corrected chi connectivity index (χ2v) is 5.51. The second-order valence-electron chi connectivity index (χ2n) is 4.52. The van der Waals surface area contributed by atoms with Gasteiger partial charge in [-0.25, -0.2) is 9.78 Å². The summed E-state index contributed by atoms with van der Waals surface area (Å²) in [4.78, 5) is 15.0. The molecular weight excluding hydrogens is 285 g/mol. The van der Waals surface area contributed by atoms with Crippen LogP contribution >= 0.6 is 11.3 Å². The third kappa shape index (κ3) is 6.85. The molecule has 0 atom stereocenters. The lowest BCUT2D eigenvalue weighted by Crippen LogP contribution is -2.26. The number of carbonyl (C=O) groups excluding carboxylic acids is 1. The highest BCUT2D eigenvalue weighted by Gasteiger charge is 2.29. The van der Waals surface area contributed by atoms with Crippen molar-refractivity contribution >= 4 is 22.4 Å². The molecule has 1 rings (SSSR count). The van der Waals surface area contributed by atoms with E-state index in [9.17, 15) is 18.0 Å². The van der Waals surface area contributed by atoms with Crippen LogP contribution in [0.15, 0.2) is 6.20 Å². The molecule has 1 N–H and O–H groups in total. The molecule has 1 aromatic rings. The number of nitrogens with zero attached hydrogens (tertiary/aromatic N) is 1. The van der Waals surface area contributed by atoms with Gasteiger partial charge in [-0.05, 0) is 20.8 Å². The maximum absolute atomic E-state index is 11.9. The Morgan fingerprint density at radius 1 is 1.42 bits per heavy atom. The molecule has 0 bridgehead atoms. The van der Waals surface area contributed by atoms with Crippen LogP contribution in [0.25, 0.3) is 0 Å². The first-order valence-electron chi connectivity index (χ1n) is 5.20. The summed E-state index contributed by atoms with van der Waals surface area (Å²) in [6.45, 7) is 3.65. The van der Waals surface area contributed by atoms with Gasteiger partial charge in [0.1, 0.15) is 10.6 Å². The first-order valence-corrected chi connectivity index (χ1v) is 6.02. The van der Waals surface area contributed by atoms with E-state index in [0.717, 1.165) is 11.3 Å². The van der Waals surface area contributed by atoms with Crippen LogP contribution in [0.5, 0.6) is 5.19 Å². The van der Waals surface area contributed by atoms with E-state index in [4.69, 9.17) is 4.74 Å². The summed E-state index contributed by atoms with van der Waals surface area (Å²) in [6, 6.07) is 0. The number of alkyl halides is 3. The molecule has 0 aromatic carbocycles. The van der Waals surface area contributed by atoms with Crippen molar-refractivity contribution in [3.63, 3.8) is 0 Å². The second kappa shape index (κ2) is 5.64. The molecule has 1 heterocycles. The Labute approximate surface area is 111 Å². The largest absolute Gasteiger partial charge is 0.460 e. The molecule has 0 aliphatic rings. The van der Waals surface area contributed by atoms with Gasteiger partial charge >= 0.3 is 12.3 Å². The van der Waals surface area contributed by atoms with Gasteiger partial charge in [0.25, 0.3) is 5.19 Å². The Morgan fingerprint density at radius 2 is 2.05 bits per heavy atom. The van der Waals surface area contributed by atoms with Gasteiger partial charge in [-0.1, -0.05) is 11.3 Å². The molecule has 9 heteroatoms. The minimum atomic E-state index is -4.43. The molecule has 0 unspecified atom stereocenters. The van der Waals surface area contributed by atoms with Gasteiger partial charge in [-0.15, -0.1) is 0 Å². The van der Waals surface area contributed by atoms with E-state index in [2.05, 4.69) is 15.0 Å². The Balaban J connectivity index is 2.49. The van der Waals surface area contributed by atoms with Crippen LogP contribution in [-0.4, -0.2) is 29.5 Å². The quantitative estimate of drug-likeness (QED) is 0.928. The van der Waals surface area contributed by atoms with Gasteiger partial charge in [0.2, 0.25) is 0 Å². The van der Waals surface area contributed by atoms with E-state index in [0.29, 0.717) is 0 Å². The molecule has 0 aliphatic carbocycles. The molecule has 1 amide bonds. The van der Waals surface area contributed by atoms with E-state index < -0.39 is 24.5 Å². The molecule has 0 saturated heterocycles. The Morgan fingerprint density at radius 3 is 2.58 bits per heavy atom. The van der Waals surface area contributed by atoms with Crippen molar-refractivity contribution in [1.82, 2.24) is 4.98 Å². The fraction of sp³-hybridized carbons (Fsp3) is 0.600. The zero-order valence-corrected chi connectivity index (χ0v) is 11.3. The molecule has 108 valence electrons. The summed E-state index contributed by atoms with van der Waals surface area (Å²) in [7, 11) is 0. The third-order valence-corrected chi connectivity index (χ3v) is 2.29. The highest BCUT2D eigenvalue weighted by Crippen LogP contribution is 2.27. The summed E-state index contributed by atoms with van der Waals surface area (Å²) in [5, 5.41) is 2.41. The monoisotopic (exact) mass is 298 g/mol. The van der Waals surface area contributed by atoms with Crippen molar-refractivity contribution < 1.29 is 27.4 Å². The molecular formula is C10H13F3N2O3S. The van der Waals surface area contributed by atoms with Crippen LogP contribution < -0.4 is 10.1 Å². The van der Waals surface area contributed by atoms with Crippen molar-refractivity contribution in [3.05, 3.63) is 6.20 Å². The maximum Gasteiger partial charge on any atom is 0.422 e. The summed E-state index contributed by atoms with van der Waals surface area (Å²) in [6.07, 6.45) is -3.94. The predicted octanol–water partition coefficient (Wildman–Crippen LogP) is 3.43. The van der Waals surface area contributed by atoms with Gasteiger partial charge in [0.15, 0.2) is 6.61 Å². The van der Waals surface area contributed by atoms with Gasteiger partial charge in [-0.2, -0.15) is 13.2 Å². The number of thiazole rings is 1. The van der Waals surface area contributed by atoms with E-state index in [1.165, 1.54) is 6.20 Å². The van der Waals surface area contributed by atoms with Crippen molar-refractivity contribution in [2.45, 2.75) is 32.5 Å². The average Bonchev–Trinajstić information content (AvgIpc) is 2.58. The number of nitrogens with one attached hydrogen (secondary N) is 1. The van der Waals surface area contributed by atoms with E-state index in [1.807, 2.05) is 0 Å². The number of amides is 1. The molecule has 0 fully saturated rings. The highest BCUT2D eigenvalue weighted by atomic mass is 32.1. The topological polar surface area (TPSA) is 60.5 Å². The lowest BCUT2D eigenvalue weighted by Gasteiger charge is -2.19. The molecule has 5 nitrogen and oxygen atoms in total. The normalized spacial score (nSPS) is 12.1. The average molecular weight is 298 g/mol. The van der Waals surface area contributed by atoms with Gasteiger partial charge in [0.05, 0.1) is 6.20 Å². The number of rotatable bonds is 3. The zero-order chi connectivity index (χ0) is 14.7. The lowest BCUT2D eigenvalue weighted by atomic mass is 10.2. The van der Waals surface area contributed by atoms with Crippen molar-refractivity contribution in [2.24, 2.45) is 0 Å². The number of aromatic nitrogens is 1. The van der Waals surface area contributed by atoms with Gasteiger partial charge < -0.3 is 9.47 Å². The van der Waals surface area contributed by atoms with Crippen molar-refractivity contribution in [2.75, 3.05) is 11.9 Å². The molecule has 1 aromatic heterocycles. The number of hydrogen-bond donors (Lipinski definition) is 1. The third-order valence-electron chi connectivity index (χ3n) is 1.47. The van der Waals surface area contributed by atoms with Gasteiger partial charge in [0, 0.05) is 0 Å². The molecule has 0 saturated carbocycles. The minimum Gasteiger partial charge on any atom is -0.460 e. The number of hydrogen-bond acceptors (Lipinski definition) is 5. The molecule has 0 spiro atoms. The first-order chi connectivity index (χ1) is 8.55. The summed E-state index contributed by atoms with van der Waals surface area (Å²) < 4.78 is 45.1. The fourth-order valence-electron chi connectivity index (χ4n) is 0.930. The van der Waals surface area contributed by atoms with Crippen LogP contribution in [0, 0.1) is 0 Å². The highest BCUT2D eigenvalue weighted by molar-refractivity contribution is 7.17. The predicted molar refractivity (Wildman–Crippen MR) is 63.5 cm³/mol. The van der Waals surface area contributed by atoms with Crippen LogP contribution in [0.2, 0.25) is 0 Å². The van der Waals surface area contributed by atoms with Crippen molar-refractivity contribution in [1.29, 1.82) is 0 Å². The van der Waals surface area contributed by atoms with Crippen LogP contribution in [0.4, 0.5) is 23.0 Å². The van der Waals surface area contributed by atoms with Crippen LogP contribution in [0.3, 0.4) is 0 Å². The van der Waals surface area contributed by atoms with E-state index in [1.54, 1.807) is 20.8 Å². The number of anilines is 1. The zero-order valence-electron chi connectivity index (χ0n) is 10.5. The van der Waals surface area contributed by atoms with E-state index in [-0.39, 0.29) is 10.2 Å². The smallest absolute Gasteiger partial charge is 0.422 e. The maximum atomic E-state index is 11.9. The van der Waals surface area contributed by atoms with Gasteiger partial charge in [-0.3, -0.25) is 5.32 Å². The van der Waals surface area contributed by atoms with Crippen LogP contribution in [-0.2, 0) is 4.74 Å². The lowest BCUT2D eigenvalue weighted by molar-refractivity contribution is -0.153. The van der Waals surface area contributed by atoms with E-state index >= 15 is 0 Å². The first kappa shape index (κ1) is 15.5. The number of carbonyl (C=O) groups is 1. The minimum absolute atomic E-state index is 0.177. The van der Waals surface area contributed by atoms with Crippen molar-refractivity contribution in [3.8, 4) is 5.19 Å². The molecule has 0 aliphatic heterocycles. The number of ether oxygens (including phenoxy) is 2. The Bertz CT molecular complexity index is 440. The Hall–Kier alpha value is -1.51. The molecule has 19 heavy (non-hydrogen) atoms. The Kier molecular flexibility index (Phi) is 4.61.